The molecule has 5 heteroatoms. The van der Waals surface area contributed by atoms with E-state index in [-0.39, 0.29) is 35.4 Å². The molecule has 4 N–H and O–H groups in total. The monoisotopic (exact) mass is 348 g/mol. The van der Waals surface area contributed by atoms with Crippen molar-refractivity contribution in [2.75, 3.05) is 6.61 Å². The van der Waals surface area contributed by atoms with Gasteiger partial charge in [-0.2, -0.15) is 0 Å². The number of aliphatic hydroxyl groups is 1. The van der Waals surface area contributed by atoms with Crippen molar-refractivity contribution in [2.24, 2.45) is 11.3 Å². The number of hydrogen-bond donors (Lipinski definition) is 4. The smallest absolute Gasteiger partial charge is 0.314 e. The molecule has 3 unspecified atom stereocenters. The lowest BCUT2D eigenvalue weighted by Gasteiger charge is -2.53. The topological polar surface area (TPSA) is 98.0 Å². The summed E-state index contributed by atoms with van der Waals surface area (Å²) >= 11 is 0. The van der Waals surface area contributed by atoms with Crippen molar-refractivity contribution in [3.63, 3.8) is 0 Å². The first-order valence-electron chi connectivity index (χ1n) is 9.09. The zero-order valence-corrected chi connectivity index (χ0v) is 15.2. The van der Waals surface area contributed by atoms with Gasteiger partial charge in [-0.1, -0.05) is 33.3 Å². The van der Waals surface area contributed by atoms with Crippen molar-refractivity contribution in [1.82, 2.24) is 0 Å². The van der Waals surface area contributed by atoms with E-state index in [4.69, 9.17) is 0 Å². The summed E-state index contributed by atoms with van der Waals surface area (Å²) in [5, 5.41) is 40.9. The minimum Gasteiger partial charge on any atom is -0.504 e. The number of fused-ring (bicyclic) bond motifs is 3. The average molecular weight is 348 g/mol. The number of phenols is 2. The Morgan fingerprint density at radius 3 is 2.56 bits per heavy atom. The quantitative estimate of drug-likeness (QED) is 0.628. The van der Waals surface area contributed by atoms with Gasteiger partial charge in [0.25, 0.3) is 0 Å². The molecular formula is C20H28O5. The maximum absolute atomic E-state index is 12.5. The fourth-order valence-electron chi connectivity index (χ4n) is 5.34. The number of carboxylic acids is 1. The van der Waals surface area contributed by atoms with Crippen LogP contribution in [-0.2, 0) is 16.6 Å². The van der Waals surface area contributed by atoms with Gasteiger partial charge in [-0.15, -0.1) is 0 Å². The highest BCUT2D eigenvalue weighted by atomic mass is 16.4. The van der Waals surface area contributed by atoms with Gasteiger partial charge in [0.15, 0.2) is 11.5 Å². The number of carbonyl (C=O) groups is 1. The number of rotatable bonds is 3. The van der Waals surface area contributed by atoms with Gasteiger partial charge in [-0.05, 0) is 42.6 Å². The average Bonchev–Trinajstić information content (AvgIpc) is 2.56. The van der Waals surface area contributed by atoms with Gasteiger partial charge in [-0.25, -0.2) is 0 Å². The van der Waals surface area contributed by atoms with Gasteiger partial charge in [0.1, 0.15) is 0 Å². The van der Waals surface area contributed by atoms with Crippen molar-refractivity contribution in [3.05, 3.63) is 22.8 Å². The van der Waals surface area contributed by atoms with E-state index in [1.165, 1.54) is 0 Å². The third-order valence-electron chi connectivity index (χ3n) is 6.65. The second-order valence-corrected chi connectivity index (χ2v) is 8.49. The van der Waals surface area contributed by atoms with Crippen LogP contribution in [0.4, 0.5) is 0 Å². The molecule has 3 rings (SSSR count). The molecule has 1 saturated carbocycles. The Labute approximate surface area is 148 Å². The van der Waals surface area contributed by atoms with Crippen molar-refractivity contribution >= 4 is 5.97 Å². The lowest BCUT2D eigenvalue weighted by atomic mass is 9.49. The van der Waals surface area contributed by atoms with Crippen LogP contribution in [0.2, 0.25) is 0 Å². The Hall–Kier alpha value is -1.75. The van der Waals surface area contributed by atoms with Crippen LogP contribution in [0.25, 0.3) is 0 Å². The van der Waals surface area contributed by atoms with Gasteiger partial charge in [0.05, 0.1) is 5.41 Å². The summed E-state index contributed by atoms with van der Waals surface area (Å²) in [5.74, 6) is -1.91. The minimum absolute atomic E-state index is 0.0786. The number of aliphatic carboxylic acids is 1. The summed E-state index contributed by atoms with van der Waals surface area (Å²) in [6.45, 7) is 5.84. The van der Waals surface area contributed by atoms with E-state index in [1.54, 1.807) is 13.0 Å². The number of phenolic OH excluding ortho intramolecular Hbond substituents is 2. The molecule has 1 fully saturated rings. The summed E-state index contributed by atoms with van der Waals surface area (Å²) < 4.78 is 0. The Bertz CT molecular complexity index is 709. The maximum Gasteiger partial charge on any atom is 0.314 e. The van der Waals surface area contributed by atoms with Crippen LogP contribution in [0, 0.1) is 11.3 Å². The number of benzene rings is 1. The molecule has 0 spiro atoms. The molecule has 2 aliphatic carbocycles. The molecule has 3 atom stereocenters. The lowest BCUT2D eigenvalue weighted by molar-refractivity contribution is -0.152. The van der Waals surface area contributed by atoms with E-state index >= 15 is 0 Å². The summed E-state index contributed by atoms with van der Waals surface area (Å²) in [7, 11) is 0. The Morgan fingerprint density at radius 1 is 1.28 bits per heavy atom. The highest BCUT2D eigenvalue weighted by Crippen LogP contribution is 2.60. The maximum atomic E-state index is 12.5. The molecular weight excluding hydrogens is 320 g/mol. The second kappa shape index (κ2) is 5.90. The molecule has 0 bridgehead atoms. The van der Waals surface area contributed by atoms with Crippen molar-refractivity contribution in [2.45, 2.75) is 64.2 Å². The van der Waals surface area contributed by atoms with Crippen LogP contribution >= 0.6 is 0 Å². The number of carboxylic acid groups (broad SMARTS) is 1. The molecule has 0 heterocycles. The van der Waals surface area contributed by atoms with Gasteiger partial charge >= 0.3 is 5.97 Å². The predicted octanol–water partition coefficient (Wildman–Crippen LogP) is 3.29. The highest BCUT2D eigenvalue weighted by molar-refractivity contribution is 5.85. The highest BCUT2D eigenvalue weighted by Gasteiger charge is 2.58. The summed E-state index contributed by atoms with van der Waals surface area (Å²) in [6, 6.07) is 1.79. The van der Waals surface area contributed by atoms with E-state index in [9.17, 15) is 25.2 Å². The molecule has 0 radical (unpaired) electrons. The van der Waals surface area contributed by atoms with Gasteiger partial charge in [-0.3, -0.25) is 4.79 Å². The summed E-state index contributed by atoms with van der Waals surface area (Å²) in [6.07, 6.45) is 3.66. The molecule has 0 amide bonds. The normalized spacial score (nSPS) is 28.7. The molecule has 0 aliphatic heterocycles. The van der Waals surface area contributed by atoms with E-state index < -0.39 is 11.4 Å². The standard InChI is InChI=1S/C20H28O5/c1-11(10-21)13-9-12-5-6-14-19(2,3)7-4-8-20(14,18(24)25)15(12)17(23)16(13)22/h9,11,14,21-23H,4-8,10H2,1-3H3,(H,24,25). The number of aromatic hydroxyl groups is 2. The van der Waals surface area contributed by atoms with Crippen molar-refractivity contribution in [1.29, 1.82) is 0 Å². The van der Waals surface area contributed by atoms with Crippen LogP contribution in [0.3, 0.4) is 0 Å². The number of hydrogen-bond acceptors (Lipinski definition) is 4. The molecule has 0 saturated heterocycles. The van der Waals surface area contributed by atoms with E-state index in [1.807, 2.05) is 0 Å². The van der Waals surface area contributed by atoms with Gasteiger partial charge < -0.3 is 20.4 Å². The SMILES string of the molecule is CC(CO)c1cc2c(c(O)c1O)C1(C(=O)O)CCCC(C)(C)C1CC2. The largest absolute Gasteiger partial charge is 0.504 e. The first-order valence-corrected chi connectivity index (χ1v) is 9.09. The predicted molar refractivity (Wildman–Crippen MR) is 94.0 cm³/mol. The van der Waals surface area contributed by atoms with E-state index in [0.29, 0.717) is 24.0 Å². The first kappa shape index (κ1) is 18.1. The molecule has 25 heavy (non-hydrogen) atoms. The summed E-state index contributed by atoms with van der Waals surface area (Å²) in [4.78, 5) is 12.5. The van der Waals surface area contributed by atoms with Gasteiger partial charge in [0.2, 0.25) is 0 Å². The van der Waals surface area contributed by atoms with Crippen LogP contribution in [0.15, 0.2) is 6.07 Å². The Balaban J connectivity index is 2.28. The number of aliphatic hydroxyl groups excluding tert-OH is 1. The zero-order chi connectivity index (χ0) is 18.6. The van der Waals surface area contributed by atoms with E-state index in [0.717, 1.165) is 24.8 Å². The molecule has 1 aromatic carbocycles. The number of aryl methyl sites for hydroxylation is 1. The lowest BCUT2D eigenvalue weighted by Crippen LogP contribution is -2.54. The Morgan fingerprint density at radius 2 is 1.96 bits per heavy atom. The first-order chi connectivity index (χ1) is 11.7. The fourth-order valence-corrected chi connectivity index (χ4v) is 5.34. The minimum atomic E-state index is -1.15. The summed E-state index contributed by atoms with van der Waals surface area (Å²) in [5.41, 5.74) is 0.385. The molecule has 2 aliphatic rings. The molecule has 5 nitrogen and oxygen atoms in total. The zero-order valence-electron chi connectivity index (χ0n) is 15.2. The van der Waals surface area contributed by atoms with Gasteiger partial charge in [0, 0.05) is 23.7 Å². The van der Waals surface area contributed by atoms with Crippen LogP contribution in [-0.4, -0.2) is 33.0 Å². The van der Waals surface area contributed by atoms with Crippen LogP contribution < -0.4 is 0 Å². The van der Waals surface area contributed by atoms with Crippen molar-refractivity contribution < 1.29 is 25.2 Å². The van der Waals surface area contributed by atoms with Crippen molar-refractivity contribution in [3.8, 4) is 11.5 Å². The third kappa shape index (κ3) is 2.43. The van der Waals surface area contributed by atoms with Crippen LogP contribution in [0.1, 0.15) is 69.1 Å². The molecule has 1 aromatic rings. The molecule has 138 valence electrons. The van der Waals surface area contributed by atoms with Crippen LogP contribution in [0.5, 0.6) is 11.5 Å². The molecule has 0 aromatic heterocycles. The van der Waals surface area contributed by atoms with E-state index in [2.05, 4.69) is 13.8 Å². The second-order valence-electron chi connectivity index (χ2n) is 8.49. The Kier molecular flexibility index (Phi) is 4.26. The fraction of sp³-hybridized carbons (Fsp3) is 0.650. The third-order valence-corrected chi connectivity index (χ3v) is 6.65.